The molecule has 2 heterocycles. The first-order valence-electron chi connectivity index (χ1n) is 14.1. The van der Waals surface area contributed by atoms with Gasteiger partial charge in [-0.05, 0) is 75.1 Å². The van der Waals surface area contributed by atoms with E-state index in [1.54, 1.807) is 25.8 Å². The third-order valence-electron chi connectivity index (χ3n) is 8.39. The lowest BCUT2D eigenvalue weighted by Gasteiger charge is -2.41. The first-order chi connectivity index (χ1) is 19.2. The summed E-state index contributed by atoms with van der Waals surface area (Å²) in [7, 11) is 1.74. The number of carbonyl (C=O) groups is 3. The lowest BCUT2D eigenvalue weighted by molar-refractivity contribution is -0.136. The lowest BCUT2D eigenvalue weighted by Crippen LogP contribution is -2.48. The van der Waals surface area contributed by atoms with Crippen LogP contribution in [0.1, 0.15) is 62.0 Å². The standard InChI is InChI=1S/C33H38N4O3/c1-5-28(24-16-17-27-29(22-24)35(4)32(40)33(2,3)31(39)34-27)36-20-18-26(19-21-36)37(25-14-10-7-11-15-25)30(38)23-12-8-6-9-13-23/h6-17,22,26,28H,5,18-21H2,1-4H3,(H,34,39). The molecule has 3 aromatic rings. The number of anilines is 3. The summed E-state index contributed by atoms with van der Waals surface area (Å²) in [5, 5.41) is 2.94. The first-order valence-corrected chi connectivity index (χ1v) is 14.1. The molecule has 0 aromatic heterocycles. The quantitative estimate of drug-likeness (QED) is 0.397. The van der Waals surface area contributed by atoms with Crippen molar-refractivity contribution in [3.63, 3.8) is 0 Å². The molecule has 0 radical (unpaired) electrons. The van der Waals surface area contributed by atoms with Crippen LogP contribution in [-0.2, 0) is 9.59 Å². The second-order valence-corrected chi connectivity index (χ2v) is 11.3. The highest BCUT2D eigenvalue weighted by atomic mass is 16.2. The van der Waals surface area contributed by atoms with Crippen LogP contribution in [-0.4, -0.2) is 48.8 Å². The van der Waals surface area contributed by atoms with Crippen LogP contribution < -0.4 is 15.1 Å². The monoisotopic (exact) mass is 538 g/mol. The first kappa shape index (κ1) is 27.6. The molecule has 1 atom stereocenters. The maximum absolute atomic E-state index is 13.7. The van der Waals surface area contributed by atoms with E-state index in [1.807, 2.05) is 77.7 Å². The molecular formula is C33H38N4O3. The van der Waals surface area contributed by atoms with Crippen molar-refractivity contribution in [1.29, 1.82) is 0 Å². The van der Waals surface area contributed by atoms with E-state index in [0.29, 0.717) is 11.3 Å². The van der Waals surface area contributed by atoms with Gasteiger partial charge in [0.2, 0.25) is 11.8 Å². The topological polar surface area (TPSA) is 73.0 Å². The van der Waals surface area contributed by atoms with E-state index in [4.69, 9.17) is 0 Å². The molecule has 0 spiro atoms. The maximum atomic E-state index is 13.7. The van der Waals surface area contributed by atoms with Gasteiger partial charge in [-0.1, -0.05) is 49.4 Å². The number of benzene rings is 3. The van der Waals surface area contributed by atoms with Gasteiger partial charge in [0.25, 0.3) is 5.91 Å². The number of amides is 3. The van der Waals surface area contributed by atoms with Gasteiger partial charge in [0.15, 0.2) is 0 Å². The molecule has 0 bridgehead atoms. The van der Waals surface area contributed by atoms with E-state index >= 15 is 0 Å². The minimum Gasteiger partial charge on any atom is -0.323 e. The minimum absolute atomic E-state index is 0.0284. The number of likely N-dealkylation sites (tertiary alicyclic amines) is 1. The third-order valence-corrected chi connectivity index (χ3v) is 8.39. The lowest BCUT2D eigenvalue weighted by atomic mass is 9.91. The number of piperidine rings is 1. The van der Waals surface area contributed by atoms with E-state index in [0.717, 1.165) is 49.3 Å². The molecule has 7 heteroatoms. The molecule has 0 aliphatic carbocycles. The van der Waals surface area contributed by atoms with Gasteiger partial charge in [-0.2, -0.15) is 0 Å². The summed E-state index contributed by atoms with van der Waals surface area (Å²) in [6.07, 6.45) is 2.62. The number of para-hydroxylation sites is 1. The van der Waals surface area contributed by atoms with Crippen molar-refractivity contribution in [3.8, 4) is 0 Å². The number of hydrogen-bond donors (Lipinski definition) is 1. The van der Waals surface area contributed by atoms with Gasteiger partial charge in [-0.25, -0.2) is 0 Å². The Morgan fingerprint density at radius 2 is 1.60 bits per heavy atom. The van der Waals surface area contributed by atoms with E-state index in [1.165, 1.54) is 0 Å². The van der Waals surface area contributed by atoms with E-state index in [2.05, 4.69) is 23.2 Å². The Kier molecular flexibility index (Phi) is 7.76. The normalized spacial score (nSPS) is 18.4. The summed E-state index contributed by atoms with van der Waals surface area (Å²) < 4.78 is 0. The van der Waals surface area contributed by atoms with Gasteiger partial charge < -0.3 is 15.1 Å². The number of hydrogen-bond acceptors (Lipinski definition) is 4. The molecule has 7 nitrogen and oxygen atoms in total. The van der Waals surface area contributed by atoms with Crippen molar-refractivity contribution in [2.24, 2.45) is 5.41 Å². The van der Waals surface area contributed by atoms with Gasteiger partial charge >= 0.3 is 0 Å². The molecule has 2 aliphatic rings. The number of carbonyl (C=O) groups excluding carboxylic acids is 3. The predicted molar refractivity (Wildman–Crippen MR) is 160 cm³/mol. The summed E-state index contributed by atoms with van der Waals surface area (Å²) in [6, 6.07) is 25.7. The van der Waals surface area contributed by atoms with E-state index < -0.39 is 5.41 Å². The van der Waals surface area contributed by atoms with Crippen molar-refractivity contribution in [2.75, 3.05) is 35.3 Å². The molecule has 0 saturated carbocycles. The molecule has 2 aliphatic heterocycles. The molecule has 1 saturated heterocycles. The minimum atomic E-state index is -1.14. The Morgan fingerprint density at radius 3 is 2.23 bits per heavy atom. The summed E-state index contributed by atoms with van der Waals surface area (Å²) in [4.78, 5) is 45.5. The van der Waals surface area contributed by atoms with Crippen molar-refractivity contribution >= 4 is 34.8 Å². The van der Waals surface area contributed by atoms with Gasteiger partial charge in [0.1, 0.15) is 5.41 Å². The van der Waals surface area contributed by atoms with Crippen molar-refractivity contribution < 1.29 is 14.4 Å². The summed E-state index contributed by atoms with van der Waals surface area (Å²) in [6.45, 7) is 7.20. The fourth-order valence-electron chi connectivity index (χ4n) is 6.01. The summed E-state index contributed by atoms with van der Waals surface area (Å²) in [5.74, 6) is -0.488. The predicted octanol–water partition coefficient (Wildman–Crippen LogP) is 5.89. The van der Waals surface area contributed by atoms with Gasteiger partial charge in [0, 0.05) is 43.5 Å². The molecule has 3 aromatic carbocycles. The van der Waals surface area contributed by atoms with Crippen molar-refractivity contribution in [1.82, 2.24) is 4.90 Å². The molecule has 40 heavy (non-hydrogen) atoms. The molecule has 5 rings (SSSR count). The van der Waals surface area contributed by atoms with Gasteiger partial charge in [-0.15, -0.1) is 0 Å². The Bertz CT molecular complexity index is 1380. The van der Waals surface area contributed by atoms with E-state index in [-0.39, 0.29) is 29.8 Å². The highest BCUT2D eigenvalue weighted by Crippen LogP contribution is 2.38. The molecule has 1 unspecified atom stereocenters. The molecular weight excluding hydrogens is 500 g/mol. The number of fused-ring (bicyclic) bond motifs is 1. The maximum Gasteiger partial charge on any atom is 0.258 e. The van der Waals surface area contributed by atoms with Crippen LogP contribution in [0.4, 0.5) is 17.1 Å². The zero-order valence-corrected chi connectivity index (χ0v) is 23.8. The Balaban J connectivity index is 1.36. The SMILES string of the molecule is CCC(c1ccc2c(c1)N(C)C(=O)C(C)(C)C(=O)N2)N1CCC(N(C(=O)c2ccccc2)c2ccccc2)CC1. The third kappa shape index (κ3) is 5.13. The van der Waals surface area contributed by atoms with Crippen LogP contribution in [0.2, 0.25) is 0 Å². The van der Waals surface area contributed by atoms with Crippen molar-refractivity contribution in [2.45, 2.75) is 52.1 Å². The van der Waals surface area contributed by atoms with Crippen molar-refractivity contribution in [3.05, 3.63) is 90.0 Å². The number of rotatable bonds is 6. The Labute approximate surface area is 236 Å². The highest BCUT2D eigenvalue weighted by molar-refractivity contribution is 6.19. The van der Waals surface area contributed by atoms with Crippen LogP contribution in [0, 0.1) is 5.41 Å². The zero-order chi connectivity index (χ0) is 28.4. The smallest absolute Gasteiger partial charge is 0.258 e. The second kappa shape index (κ2) is 11.3. The number of nitrogens with one attached hydrogen (secondary N) is 1. The van der Waals surface area contributed by atoms with Crippen LogP contribution in [0.25, 0.3) is 0 Å². The van der Waals surface area contributed by atoms with Gasteiger partial charge in [-0.3, -0.25) is 19.3 Å². The number of nitrogens with zero attached hydrogens (tertiary/aromatic N) is 3. The van der Waals surface area contributed by atoms with E-state index in [9.17, 15) is 14.4 Å². The average molecular weight is 539 g/mol. The highest BCUT2D eigenvalue weighted by Gasteiger charge is 2.42. The zero-order valence-electron chi connectivity index (χ0n) is 23.8. The van der Waals surface area contributed by atoms with Crippen LogP contribution in [0.15, 0.2) is 78.9 Å². The average Bonchev–Trinajstić information content (AvgIpc) is 3.04. The molecule has 1 N–H and O–H groups in total. The Hall–Kier alpha value is -3.97. The second-order valence-electron chi connectivity index (χ2n) is 11.3. The van der Waals surface area contributed by atoms with Crippen LogP contribution in [0.3, 0.4) is 0 Å². The fourth-order valence-corrected chi connectivity index (χ4v) is 6.01. The van der Waals surface area contributed by atoms with Crippen LogP contribution in [0.5, 0.6) is 0 Å². The molecule has 3 amide bonds. The fraction of sp³-hybridized carbons (Fsp3) is 0.364. The largest absolute Gasteiger partial charge is 0.323 e. The summed E-state index contributed by atoms with van der Waals surface area (Å²) in [5.41, 5.74) is 2.97. The molecule has 208 valence electrons. The van der Waals surface area contributed by atoms with Gasteiger partial charge in [0.05, 0.1) is 11.4 Å². The van der Waals surface area contributed by atoms with Crippen LogP contribution >= 0.6 is 0 Å². The Morgan fingerprint density at radius 1 is 0.975 bits per heavy atom. The summed E-state index contributed by atoms with van der Waals surface area (Å²) >= 11 is 0. The molecule has 1 fully saturated rings.